The number of phenolic OH excluding ortho intramolecular Hbond substituents is 1. The molecule has 1 aliphatic rings. The lowest BCUT2D eigenvalue weighted by Gasteiger charge is -2.09. The van der Waals surface area contributed by atoms with E-state index < -0.39 is 0 Å². The Morgan fingerprint density at radius 1 is 1.39 bits per heavy atom. The van der Waals surface area contributed by atoms with Crippen LogP contribution in [0.25, 0.3) is 10.8 Å². The van der Waals surface area contributed by atoms with Gasteiger partial charge < -0.3 is 10.4 Å². The van der Waals surface area contributed by atoms with Gasteiger partial charge in [-0.15, -0.1) is 0 Å². The van der Waals surface area contributed by atoms with Crippen molar-refractivity contribution in [1.29, 1.82) is 0 Å². The lowest BCUT2D eigenvalue weighted by molar-refractivity contribution is 0.476. The van der Waals surface area contributed by atoms with Crippen LogP contribution in [0.4, 0.5) is 5.82 Å². The van der Waals surface area contributed by atoms with E-state index in [1.54, 1.807) is 18.3 Å². The highest BCUT2D eigenvalue weighted by Crippen LogP contribution is 2.51. The summed E-state index contributed by atoms with van der Waals surface area (Å²) in [5, 5.41) is 15.1. The molecule has 1 aromatic carbocycles. The summed E-state index contributed by atoms with van der Waals surface area (Å²) < 4.78 is 0. The van der Waals surface area contributed by atoms with E-state index in [9.17, 15) is 5.11 Å². The van der Waals surface area contributed by atoms with Crippen LogP contribution < -0.4 is 5.32 Å². The molecular formula is C15H18N2O. The third-order valence-electron chi connectivity index (χ3n) is 3.98. The van der Waals surface area contributed by atoms with Crippen LogP contribution in [0.5, 0.6) is 5.75 Å². The van der Waals surface area contributed by atoms with Crippen LogP contribution in [-0.2, 0) is 0 Å². The molecule has 3 heteroatoms. The van der Waals surface area contributed by atoms with Crippen LogP contribution in [0.15, 0.2) is 30.5 Å². The Balaban J connectivity index is 1.85. The molecule has 1 fully saturated rings. The molecule has 2 N–H and O–H groups in total. The molecule has 3 nitrogen and oxygen atoms in total. The third kappa shape index (κ3) is 2.01. The Labute approximate surface area is 107 Å². The third-order valence-corrected chi connectivity index (χ3v) is 3.98. The maximum Gasteiger partial charge on any atom is 0.133 e. The normalized spacial score (nSPS) is 20.9. The average molecular weight is 242 g/mol. The number of pyridine rings is 1. The summed E-state index contributed by atoms with van der Waals surface area (Å²) in [6, 6.07) is 7.35. The van der Waals surface area contributed by atoms with Gasteiger partial charge in [0.1, 0.15) is 11.6 Å². The summed E-state index contributed by atoms with van der Waals surface area (Å²) in [5.41, 5.74) is 0.472. The van der Waals surface area contributed by atoms with Crippen molar-refractivity contribution in [3.05, 3.63) is 30.5 Å². The van der Waals surface area contributed by atoms with E-state index in [0.717, 1.165) is 29.1 Å². The number of hydrogen-bond donors (Lipinski definition) is 2. The SMILES string of the molecule is CC1(C)CC1CNc1nccc2ccc(O)cc12. The summed E-state index contributed by atoms with van der Waals surface area (Å²) in [6.07, 6.45) is 3.08. The Morgan fingerprint density at radius 2 is 2.17 bits per heavy atom. The Bertz CT molecular complexity index is 592. The van der Waals surface area contributed by atoms with Gasteiger partial charge in [0, 0.05) is 18.1 Å². The van der Waals surface area contributed by atoms with Crippen molar-refractivity contribution in [3.8, 4) is 5.75 Å². The van der Waals surface area contributed by atoms with Crippen LogP contribution in [0.3, 0.4) is 0 Å². The largest absolute Gasteiger partial charge is 0.508 e. The lowest BCUT2D eigenvalue weighted by atomic mass is 10.1. The molecule has 1 aliphatic carbocycles. The van der Waals surface area contributed by atoms with Crippen molar-refractivity contribution in [1.82, 2.24) is 4.98 Å². The van der Waals surface area contributed by atoms with Gasteiger partial charge >= 0.3 is 0 Å². The summed E-state index contributed by atoms with van der Waals surface area (Å²) >= 11 is 0. The van der Waals surface area contributed by atoms with E-state index in [1.165, 1.54) is 6.42 Å². The number of rotatable bonds is 3. The van der Waals surface area contributed by atoms with Gasteiger partial charge in [-0.3, -0.25) is 0 Å². The molecule has 0 bridgehead atoms. The van der Waals surface area contributed by atoms with E-state index >= 15 is 0 Å². The molecule has 0 spiro atoms. The number of fused-ring (bicyclic) bond motifs is 1. The van der Waals surface area contributed by atoms with Crippen LogP contribution in [0.2, 0.25) is 0 Å². The summed E-state index contributed by atoms with van der Waals surface area (Å²) in [5.74, 6) is 1.88. The fraction of sp³-hybridized carbons (Fsp3) is 0.400. The molecule has 0 aliphatic heterocycles. The van der Waals surface area contributed by atoms with Crippen molar-refractivity contribution in [2.75, 3.05) is 11.9 Å². The van der Waals surface area contributed by atoms with Gasteiger partial charge in [-0.25, -0.2) is 4.98 Å². The van der Waals surface area contributed by atoms with Gasteiger partial charge in [0.25, 0.3) is 0 Å². The second kappa shape index (κ2) is 3.87. The van der Waals surface area contributed by atoms with Gasteiger partial charge in [-0.05, 0) is 41.3 Å². The molecular weight excluding hydrogens is 224 g/mol. The first-order valence-corrected chi connectivity index (χ1v) is 6.38. The number of benzene rings is 1. The van der Waals surface area contributed by atoms with Crippen molar-refractivity contribution in [2.24, 2.45) is 11.3 Å². The number of hydrogen-bond acceptors (Lipinski definition) is 3. The van der Waals surface area contributed by atoms with E-state index in [2.05, 4.69) is 24.1 Å². The van der Waals surface area contributed by atoms with Crippen LogP contribution in [-0.4, -0.2) is 16.6 Å². The highest BCUT2D eigenvalue weighted by Gasteiger charge is 2.45. The molecule has 3 rings (SSSR count). The minimum atomic E-state index is 0.283. The minimum absolute atomic E-state index is 0.283. The van der Waals surface area contributed by atoms with Gasteiger partial charge in [-0.1, -0.05) is 19.9 Å². The van der Waals surface area contributed by atoms with Gasteiger partial charge in [-0.2, -0.15) is 0 Å². The Morgan fingerprint density at radius 3 is 2.89 bits per heavy atom. The number of nitrogens with one attached hydrogen (secondary N) is 1. The molecule has 0 amide bonds. The smallest absolute Gasteiger partial charge is 0.133 e. The first-order valence-electron chi connectivity index (χ1n) is 6.38. The predicted octanol–water partition coefficient (Wildman–Crippen LogP) is 3.40. The van der Waals surface area contributed by atoms with Crippen LogP contribution in [0.1, 0.15) is 20.3 Å². The van der Waals surface area contributed by atoms with E-state index in [1.807, 2.05) is 12.1 Å². The second-order valence-electron chi connectivity index (χ2n) is 5.84. The molecule has 0 radical (unpaired) electrons. The number of aromatic hydroxyl groups is 1. The molecule has 0 saturated heterocycles. The zero-order valence-electron chi connectivity index (χ0n) is 10.8. The number of aromatic nitrogens is 1. The molecule has 1 heterocycles. The molecule has 2 aromatic rings. The van der Waals surface area contributed by atoms with Crippen LogP contribution in [0, 0.1) is 11.3 Å². The summed E-state index contributed by atoms with van der Waals surface area (Å²) in [4.78, 5) is 4.37. The van der Waals surface area contributed by atoms with Gasteiger partial charge in [0.05, 0.1) is 0 Å². The molecule has 1 atom stereocenters. The quantitative estimate of drug-likeness (QED) is 0.867. The zero-order valence-corrected chi connectivity index (χ0v) is 10.8. The van der Waals surface area contributed by atoms with Crippen molar-refractivity contribution >= 4 is 16.6 Å². The van der Waals surface area contributed by atoms with Gasteiger partial charge in [0.15, 0.2) is 0 Å². The Kier molecular flexibility index (Phi) is 2.44. The lowest BCUT2D eigenvalue weighted by Crippen LogP contribution is -2.08. The maximum absolute atomic E-state index is 9.57. The van der Waals surface area contributed by atoms with Crippen molar-refractivity contribution in [2.45, 2.75) is 20.3 Å². The number of phenols is 1. The fourth-order valence-electron chi connectivity index (χ4n) is 2.44. The highest BCUT2D eigenvalue weighted by molar-refractivity contribution is 5.92. The predicted molar refractivity (Wildman–Crippen MR) is 73.8 cm³/mol. The standard InChI is InChI=1S/C15H18N2O/c1-15(2)8-11(15)9-17-14-13-7-12(18)4-3-10(13)5-6-16-14/h3-7,11,18H,8-9H2,1-2H3,(H,16,17). The molecule has 94 valence electrons. The molecule has 18 heavy (non-hydrogen) atoms. The fourth-order valence-corrected chi connectivity index (χ4v) is 2.44. The monoisotopic (exact) mass is 242 g/mol. The first-order chi connectivity index (χ1) is 8.56. The molecule has 1 aromatic heterocycles. The minimum Gasteiger partial charge on any atom is -0.508 e. The summed E-state index contributed by atoms with van der Waals surface area (Å²) in [6.45, 7) is 5.54. The summed E-state index contributed by atoms with van der Waals surface area (Å²) in [7, 11) is 0. The topological polar surface area (TPSA) is 45.2 Å². The van der Waals surface area contributed by atoms with Crippen molar-refractivity contribution < 1.29 is 5.11 Å². The number of anilines is 1. The maximum atomic E-state index is 9.57. The van der Waals surface area contributed by atoms with E-state index in [-0.39, 0.29) is 5.75 Å². The zero-order chi connectivity index (χ0) is 12.8. The number of nitrogens with zero attached hydrogens (tertiary/aromatic N) is 1. The van der Waals surface area contributed by atoms with Gasteiger partial charge in [0.2, 0.25) is 0 Å². The van der Waals surface area contributed by atoms with E-state index in [0.29, 0.717) is 5.41 Å². The Hall–Kier alpha value is -1.77. The average Bonchev–Trinajstić information content (AvgIpc) is 2.94. The molecule has 1 saturated carbocycles. The highest BCUT2D eigenvalue weighted by atomic mass is 16.3. The molecule has 1 unspecified atom stereocenters. The first kappa shape index (κ1) is 11.3. The van der Waals surface area contributed by atoms with E-state index in [4.69, 9.17) is 0 Å². The van der Waals surface area contributed by atoms with Crippen molar-refractivity contribution in [3.63, 3.8) is 0 Å². The second-order valence-corrected chi connectivity index (χ2v) is 5.84. The van der Waals surface area contributed by atoms with Crippen LogP contribution >= 0.6 is 0 Å².